The van der Waals surface area contributed by atoms with Crippen LogP contribution in [0.15, 0.2) is 60.8 Å². The van der Waals surface area contributed by atoms with Gasteiger partial charge in [-0.2, -0.15) is 0 Å². The number of unbranched alkanes of at least 4 members (excludes halogenated alkanes) is 27. The van der Waals surface area contributed by atoms with Crippen LogP contribution in [-0.4, -0.2) is 87.5 Å². The second kappa shape index (κ2) is 45.7. The lowest BCUT2D eigenvalue weighted by molar-refractivity contribution is -0.302. The van der Waals surface area contributed by atoms with Crippen molar-refractivity contribution in [1.82, 2.24) is 5.32 Å². The largest absolute Gasteiger partial charge is 0.394 e. The highest BCUT2D eigenvalue weighted by atomic mass is 16.7. The van der Waals surface area contributed by atoms with Crippen LogP contribution >= 0.6 is 0 Å². The van der Waals surface area contributed by atoms with Gasteiger partial charge in [-0.3, -0.25) is 4.79 Å². The van der Waals surface area contributed by atoms with E-state index in [1.807, 2.05) is 6.08 Å². The fraction of sp³-hybridized carbons (Fsp3) is 0.804. The first-order valence-corrected chi connectivity index (χ1v) is 27.0. The maximum atomic E-state index is 13.0. The Balaban J connectivity index is 2.20. The molecule has 0 aromatic carbocycles. The zero-order valence-electron chi connectivity index (χ0n) is 41.7. The van der Waals surface area contributed by atoms with Crippen molar-refractivity contribution in [2.24, 2.45) is 0 Å². The monoisotopic (exact) mass is 916 g/mol. The molecule has 7 unspecified atom stereocenters. The molecular weight excluding hydrogens is 815 g/mol. The highest BCUT2D eigenvalue weighted by molar-refractivity contribution is 5.76. The lowest BCUT2D eigenvalue weighted by Gasteiger charge is -2.40. The third-order valence-corrected chi connectivity index (χ3v) is 12.5. The van der Waals surface area contributed by atoms with Crippen LogP contribution < -0.4 is 5.32 Å². The number of amides is 1. The first-order valence-electron chi connectivity index (χ1n) is 27.0. The van der Waals surface area contributed by atoms with E-state index in [1.165, 1.54) is 154 Å². The molecule has 0 saturated carbocycles. The minimum absolute atomic E-state index is 0.193. The van der Waals surface area contributed by atoms with E-state index in [1.54, 1.807) is 6.08 Å². The number of aliphatic hydroxyl groups is 5. The third-order valence-electron chi connectivity index (χ3n) is 12.5. The van der Waals surface area contributed by atoms with Crippen molar-refractivity contribution in [3.8, 4) is 0 Å². The molecule has 1 fully saturated rings. The molecule has 1 heterocycles. The summed E-state index contributed by atoms with van der Waals surface area (Å²) in [4.78, 5) is 13.0. The molecule has 0 aromatic heterocycles. The van der Waals surface area contributed by atoms with Crippen LogP contribution in [0.4, 0.5) is 0 Å². The number of aliphatic hydroxyl groups excluding tert-OH is 5. The van der Waals surface area contributed by atoms with Gasteiger partial charge < -0.3 is 40.3 Å². The second-order valence-electron chi connectivity index (χ2n) is 18.6. The van der Waals surface area contributed by atoms with E-state index in [0.717, 1.165) is 57.8 Å². The van der Waals surface area contributed by atoms with Crippen LogP contribution in [0.25, 0.3) is 0 Å². The number of nitrogens with one attached hydrogen (secondary N) is 1. The Labute approximate surface area is 398 Å². The summed E-state index contributed by atoms with van der Waals surface area (Å²) >= 11 is 0. The standard InChI is InChI=1S/C56H101NO8/c1-3-5-7-9-11-13-15-17-18-19-20-21-22-23-24-25-26-27-28-29-30-31-32-34-36-38-40-42-44-46-52(60)57-49(48-64-56-55(63)54(62)53(61)51(47-58)65-56)50(59)45-43-41-39-37-35-33-16-14-12-10-8-6-4-2/h12,14,20-21,23-24,35,37,43,45,49-51,53-56,58-59,61-63H,3-11,13,15-19,22,25-34,36,38-42,44,46-48H2,1-2H3,(H,57,60)/b14-12+,21-20-,24-23-,37-35+,45-43+. The molecule has 9 heteroatoms. The molecule has 1 aliphatic heterocycles. The Morgan fingerprint density at radius 1 is 0.523 bits per heavy atom. The highest BCUT2D eigenvalue weighted by Gasteiger charge is 2.44. The lowest BCUT2D eigenvalue weighted by Crippen LogP contribution is -2.60. The quantitative estimate of drug-likeness (QED) is 0.0261. The van der Waals surface area contributed by atoms with Crippen molar-refractivity contribution in [1.29, 1.82) is 0 Å². The summed E-state index contributed by atoms with van der Waals surface area (Å²) in [6, 6.07) is -0.829. The van der Waals surface area contributed by atoms with E-state index >= 15 is 0 Å². The molecule has 6 N–H and O–H groups in total. The number of hydrogen-bond acceptors (Lipinski definition) is 8. The Morgan fingerprint density at radius 2 is 0.923 bits per heavy atom. The van der Waals surface area contributed by atoms with E-state index < -0.39 is 49.5 Å². The summed E-state index contributed by atoms with van der Waals surface area (Å²) in [5.74, 6) is -0.193. The first-order chi connectivity index (χ1) is 31.8. The van der Waals surface area contributed by atoms with Gasteiger partial charge in [0.25, 0.3) is 0 Å². The molecule has 0 bridgehead atoms. The molecule has 1 amide bonds. The molecule has 0 aliphatic carbocycles. The molecule has 1 rings (SSSR count). The number of allylic oxidation sites excluding steroid dienone is 9. The maximum Gasteiger partial charge on any atom is 0.220 e. The van der Waals surface area contributed by atoms with Crippen molar-refractivity contribution in [2.75, 3.05) is 13.2 Å². The molecule has 378 valence electrons. The van der Waals surface area contributed by atoms with Crippen LogP contribution in [0.1, 0.15) is 232 Å². The fourth-order valence-electron chi connectivity index (χ4n) is 8.22. The van der Waals surface area contributed by atoms with E-state index in [0.29, 0.717) is 6.42 Å². The van der Waals surface area contributed by atoms with E-state index in [-0.39, 0.29) is 12.5 Å². The molecule has 7 atom stereocenters. The molecule has 1 saturated heterocycles. The van der Waals surface area contributed by atoms with Gasteiger partial charge in [-0.15, -0.1) is 0 Å². The third kappa shape index (κ3) is 35.7. The van der Waals surface area contributed by atoms with Crippen molar-refractivity contribution in [3.05, 3.63) is 60.8 Å². The van der Waals surface area contributed by atoms with Gasteiger partial charge in [0, 0.05) is 6.42 Å². The van der Waals surface area contributed by atoms with Crippen molar-refractivity contribution in [2.45, 2.75) is 275 Å². The minimum atomic E-state index is -1.58. The average Bonchev–Trinajstić information content (AvgIpc) is 3.31. The van der Waals surface area contributed by atoms with Gasteiger partial charge in [-0.25, -0.2) is 0 Å². The Hall–Kier alpha value is -2.11. The highest BCUT2D eigenvalue weighted by Crippen LogP contribution is 2.23. The minimum Gasteiger partial charge on any atom is -0.394 e. The normalized spacial score (nSPS) is 20.4. The van der Waals surface area contributed by atoms with E-state index in [2.05, 4.69) is 67.8 Å². The van der Waals surface area contributed by atoms with Crippen molar-refractivity contribution >= 4 is 5.91 Å². The average molecular weight is 916 g/mol. The summed E-state index contributed by atoms with van der Waals surface area (Å²) in [5.41, 5.74) is 0. The van der Waals surface area contributed by atoms with Crippen molar-refractivity contribution in [3.63, 3.8) is 0 Å². The first kappa shape index (κ1) is 60.9. The van der Waals surface area contributed by atoms with Gasteiger partial charge in [0.2, 0.25) is 5.91 Å². The van der Waals surface area contributed by atoms with Gasteiger partial charge in [0.05, 0.1) is 25.4 Å². The van der Waals surface area contributed by atoms with E-state index in [4.69, 9.17) is 9.47 Å². The Bertz CT molecular complexity index is 1200. The summed E-state index contributed by atoms with van der Waals surface area (Å²) in [7, 11) is 0. The van der Waals surface area contributed by atoms with Crippen LogP contribution in [0.3, 0.4) is 0 Å². The van der Waals surface area contributed by atoms with Crippen molar-refractivity contribution < 1.29 is 39.8 Å². The van der Waals surface area contributed by atoms with Gasteiger partial charge >= 0.3 is 0 Å². The van der Waals surface area contributed by atoms with Crippen LogP contribution in [-0.2, 0) is 14.3 Å². The Morgan fingerprint density at radius 3 is 1.42 bits per heavy atom. The number of hydrogen-bond donors (Lipinski definition) is 6. The predicted molar refractivity (Wildman–Crippen MR) is 272 cm³/mol. The second-order valence-corrected chi connectivity index (χ2v) is 18.6. The predicted octanol–water partition coefficient (Wildman–Crippen LogP) is 12.7. The van der Waals surface area contributed by atoms with Gasteiger partial charge in [-0.1, -0.05) is 209 Å². The topological polar surface area (TPSA) is 149 Å². The zero-order valence-corrected chi connectivity index (χ0v) is 41.7. The maximum absolute atomic E-state index is 13.0. The van der Waals surface area contributed by atoms with Crippen LogP contribution in [0.5, 0.6) is 0 Å². The van der Waals surface area contributed by atoms with Gasteiger partial charge in [0.15, 0.2) is 6.29 Å². The lowest BCUT2D eigenvalue weighted by atomic mass is 9.99. The fourth-order valence-corrected chi connectivity index (χ4v) is 8.22. The van der Waals surface area contributed by atoms with Gasteiger partial charge in [0.1, 0.15) is 24.4 Å². The molecular formula is C56H101NO8. The molecule has 0 spiro atoms. The number of rotatable bonds is 45. The number of carbonyl (C=O) groups is 1. The molecule has 9 nitrogen and oxygen atoms in total. The smallest absolute Gasteiger partial charge is 0.220 e. The zero-order chi connectivity index (χ0) is 47.3. The summed E-state index contributed by atoms with van der Waals surface area (Å²) in [6.45, 7) is 3.72. The van der Waals surface area contributed by atoms with Crippen LogP contribution in [0.2, 0.25) is 0 Å². The molecule has 0 aromatic rings. The SMILES string of the molecule is CCCCC/C=C/CC/C=C/CC/C=C/C(O)C(COC1OC(CO)C(O)C(O)C1O)NC(=O)CCCCCCCCCCCCCCC/C=C\C/C=C\CCCCCCCCCCC. The summed E-state index contributed by atoms with van der Waals surface area (Å²) < 4.78 is 11.2. The van der Waals surface area contributed by atoms with Crippen LogP contribution in [0, 0.1) is 0 Å². The number of carbonyl (C=O) groups excluding carboxylic acids is 1. The molecule has 1 aliphatic rings. The number of ether oxygens (including phenoxy) is 2. The Kier molecular flexibility index (Phi) is 42.8. The summed E-state index contributed by atoms with van der Waals surface area (Å²) in [6.07, 6.45) is 54.3. The molecule has 0 radical (unpaired) electrons. The summed E-state index contributed by atoms with van der Waals surface area (Å²) in [5, 5.41) is 54.3. The van der Waals surface area contributed by atoms with Gasteiger partial charge in [-0.05, 0) is 77.0 Å². The molecule has 65 heavy (non-hydrogen) atoms. The van der Waals surface area contributed by atoms with E-state index in [9.17, 15) is 30.3 Å².